The molecule has 2 aromatic rings. The molecule has 6 nitrogen and oxygen atoms in total. The quantitative estimate of drug-likeness (QED) is 0.591. The van der Waals surface area contributed by atoms with Crippen LogP contribution in [0.4, 0.5) is 0 Å². The van der Waals surface area contributed by atoms with Crippen molar-refractivity contribution in [3.05, 3.63) is 29.3 Å². The number of carbonyl (C=O) groups is 1. The average molecular weight is 340 g/mol. The molecule has 0 unspecified atom stereocenters. The molecular weight excluding hydrogens is 322 g/mol. The second-order valence-electron chi connectivity index (χ2n) is 4.70. The van der Waals surface area contributed by atoms with Gasteiger partial charge in [0, 0.05) is 11.6 Å². The fourth-order valence-electron chi connectivity index (χ4n) is 1.80. The van der Waals surface area contributed by atoms with E-state index in [1.165, 1.54) is 11.8 Å². The molecule has 0 saturated carbocycles. The predicted octanol–water partition coefficient (Wildman–Crippen LogP) is 2.71. The summed E-state index contributed by atoms with van der Waals surface area (Å²) in [6.07, 6.45) is 3.28. The van der Waals surface area contributed by atoms with Gasteiger partial charge in [0.05, 0.1) is 11.4 Å². The van der Waals surface area contributed by atoms with Gasteiger partial charge in [-0.3, -0.25) is 4.79 Å². The maximum absolute atomic E-state index is 11.8. The van der Waals surface area contributed by atoms with Crippen LogP contribution in [0.3, 0.4) is 0 Å². The monoisotopic (exact) mass is 339 g/mol. The van der Waals surface area contributed by atoms with Crippen LogP contribution in [-0.2, 0) is 4.79 Å². The summed E-state index contributed by atoms with van der Waals surface area (Å²) in [7, 11) is 0. The van der Waals surface area contributed by atoms with E-state index in [4.69, 9.17) is 11.6 Å². The minimum absolute atomic E-state index is 0.00763. The largest absolute Gasteiger partial charge is 0.355 e. The van der Waals surface area contributed by atoms with Crippen LogP contribution in [0.25, 0.3) is 5.69 Å². The van der Waals surface area contributed by atoms with E-state index in [0.717, 1.165) is 31.5 Å². The Bertz CT molecular complexity index is 602. The van der Waals surface area contributed by atoms with Crippen molar-refractivity contribution < 1.29 is 4.79 Å². The van der Waals surface area contributed by atoms with Gasteiger partial charge in [0.15, 0.2) is 0 Å². The van der Waals surface area contributed by atoms with Crippen molar-refractivity contribution in [2.24, 2.45) is 0 Å². The molecule has 1 amide bonds. The van der Waals surface area contributed by atoms with Gasteiger partial charge in [0.1, 0.15) is 0 Å². The molecule has 1 aromatic heterocycles. The highest BCUT2D eigenvalue weighted by Crippen LogP contribution is 2.19. The number of aromatic nitrogens is 4. The van der Waals surface area contributed by atoms with Crippen LogP contribution >= 0.6 is 23.4 Å². The molecule has 0 fully saturated rings. The van der Waals surface area contributed by atoms with Crippen molar-refractivity contribution in [2.45, 2.75) is 31.3 Å². The SMILES string of the molecule is CCCCCNC(=O)CSc1nnnn1-c1ccc(Cl)cc1. The molecule has 118 valence electrons. The highest BCUT2D eigenvalue weighted by atomic mass is 35.5. The fraction of sp³-hybridized carbons (Fsp3) is 0.429. The smallest absolute Gasteiger partial charge is 0.230 e. The second-order valence-corrected chi connectivity index (χ2v) is 6.07. The summed E-state index contributed by atoms with van der Waals surface area (Å²) in [5.74, 6) is 0.284. The van der Waals surface area contributed by atoms with Crippen molar-refractivity contribution in [1.82, 2.24) is 25.5 Å². The minimum atomic E-state index is -0.00763. The van der Waals surface area contributed by atoms with Crippen LogP contribution in [0.15, 0.2) is 29.4 Å². The Kier molecular flexibility index (Phi) is 6.67. The summed E-state index contributed by atoms with van der Waals surface area (Å²) in [6, 6.07) is 7.20. The standard InChI is InChI=1S/C14H18ClN5OS/c1-2-3-4-9-16-13(21)10-22-14-17-18-19-20(14)12-7-5-11(15)6-8-12/h5-8H,2-4,9-10H2,1H3,(H,16,21). The first-order valence-corrected chi connectivity index (χ1v) is 8.51. The van der Waals surface area contributed by atoms with Crippen LogP contribution in [0.1, 0.15) is 26.2 Å². The number of carbonyl (C=O) groups excluding carboxylic acids is 1. The van der Waals surface area contributed by atoms with E-state index in [-0.39, 0.29) is 5.91 Å². The van der Waals surface area contributed by atoms with Gasteiger partial charge in [-0.05, 0) is 41.1 Å². The maximum atomic E-state index is 11.8. The molecule has 0 bridgehead atoms. The first-order chi connectivity index (χ1) is 10.7. The van der Waals surface area contributed by atoms with Crippen molar-refractivity contribution >= 4 is 29.3 Å². The third-order valence-corrected chi connectivity index (χ3v) is 4.12. The molecule has 0 saturated heterocycles. The minimum Gasteiger partial charge on any atom is -0.355 e. The fourth-order valence-corrected chi connectivity index (χ4v) is 2.64. The van der Waals surface area contributed by atoms with Crippen LogP contribution in [0.5, 0.6) is 0 Å². The Hall–Kier alpha value is -1.60. The van der Waals surface area contributed by atoms with E-state index in [2.05, 4.69) is 27.8 Å². The van der Waals surface area contributed by atoms with Crippen LogP contribution in [0.2, 0.25) is 5.02 Å². The van der Waals surface area contributed by atoms with E-state index in [1.807, 2.05) is 12.1 Å². The Morgan fingerprint density at radius 1 is 1.32 bits per heavy atom. The molecule has 2 rings (SSSR count). The lowest BCUT2D eigenvalue weighted by molar-refractivity contribution is -0.118. The number of rotatable bonds is 8. The van der Waals surface area contributed by atoms with Gasteiger partial charge in [0.2, 0.25) is 11.1 Å². The molecule has 22 heavy (non-hydrogen) atoms. The van der Waals surface area contributed by atoms with E-state index in [0.29, 0.717) is 15.9 Å². The summed E-state index contributed by atoms with van der Waals surface area (Å²) in [5, 5.41) is 15.7. The average Bonchev–Trinajstić information content (AvgIpc) is 2.99. The first-order valence-electron chi connectivity index (χ1n) is 7.14. The lowest BCUT2D eigenvalue weighted by Gasteiger charge is -2.05. The maximum Gasteiger partial charge on any atom is 0.230 e. The number of halogens is 1. The van der Waals surface area contributed by atoms with Gasteiger partial charge >= 0.3 is 0 Å². The third kappa shape index (κ3) is 4.99. The molecule has 0 atom stereocenters. The number of benzene rings is 1. The van der Waals surface area contributed by atoms with Gasteiger partial charge in [-0.2, -0.15) is 4.68 Å². The van der Waals surface area contributed by atoms with Crippen molar-refractivity contribution in [3.63, 3.8) is 0 Å². The molecule has 0 radical (unpaired) electrons. The topological polar surface area (TPSA) is 72.7 Å². The summed E-state index contributed by atoms with van der Waals surface area (Å²) >= 11 is 7.17. The number of thioether (sulfide) groups is 1. The number of amides is 1. The number of hydrogen-bond acceptors (Lipinski definition) is 5. The molecule has 0 aliphatic rings. The normalized spacial score (nSPS) is 10.6. The highest BCUT2D eigenvalue weighted by Gasteiger charge is 2.11. The number of unbranched alkanes of at least 4 members (excludes halogenated alkanes) is 2. The molecule has 0 spiro atoms. The van der Waals surface area contributed by atoms with Gasteiger partial charge in [-0.15, -0.1) is 5.10 Å². The Labute approximate surface area is 138 Å². The Balaban J connectivity index is 1.88. The van der Waals surface area contributed by atoms with Crippen LogP contribution in [0, 0.1) is 0 Å². The van der Waals surface area contributed by atoms with Crippen LogP contribution in [-0.4, -0.2) is 38.4 Å². The van der Waals surface area contributed by atoms with Gasteiger partial charge < -0.3 is 5.32 Å². The Morgan fingerprint density at radius 3 is 2.82 bits per heavy atom. The Morgan fingerprint density at radius 2 is 2.09 bits per heavy atom. The lowest BCUT2D eigenvalue weighted by atomic mass is 10.2. The van der Waals surface area contributed by atoms with E-state index >= 15 is 0 Å². The number of nitrogens with one attached hydrogen (secondary N) is 1. The van der Waals surface area contributed by atoms with Crippen molar-refractivity contribution in [1.29, 1.82) is 0 Å². The first kappa shape index (κ1) is 16.8. The molecular formula is C14H18ClN5OS. The summed E-state index contributed by atoms with van der Waals surface area (Å²) < 4.78 is 1.59. The zero-order valence-electron chi connectivity index (χ0n) is 12.3. The molecule has 0 aliphatic heterocycles. The number of tetrazole rings is 1. The second kappa shape index (κ2) is 8.75. The summed E-state index contributed by atoms with van der Waals surface area (Å²) in [4.78, 5) is 11.8. The van der Waals surface area contributed by atoms with E-state index in [9.17, 15) is 4.79 Å². The summed E-state index contributed by atoms with van der Waals surface area (Å²) in [6.45, 7) is 2.85. The number of nitrogens with zero attached hydrogens (tertiary/aromatic N) is 4. The zero-order chi connectivity index (χ0) is 15.8. The summed E-state index contributed by atoms with van der Waals surface area (Å²) in [5.41, 5.74) is 0.806. The third-order valence-electron chi connectivity index (χ3n) is 2.95. The lowest BCUT2D eigenvalue weighted by Crippen LogP contribution is -2.26. The highest BCUT2D eigenvalue weighted by molar-refractivity contribution is 7.99. The van der Waals surface area contributed by atoms with Crippen molar-refractivity contribution in [3.8, 4) is 5.69 Å². The van der Waals surface area contributed by atoms with Gasteiger partial charge in [-0.25, -0.2) is 0 Å². The van der Waals surface area contributed by atoms with Gasteiger partial charge in [-0.1, -0.05) is 43.1 Å². The molecule has 0 aliphatic carbocycles. The van der Waals surface area contributed by atoms with E-state index in [1.54, 1.807) is 16.8 Å². The number of hydrogen-bond donors (Lipinski definition) is 1. The molecule has 1 aromatic carbocycles. The molecule has 1 heterocycles. The zero-order valence-corrected chi connectivity index (χ0v) is 13.9. The van der Waals surface area contributed by atoms with Gasteiger partial charge in [0.25, 0.3) is 0 Å². The predicted molar refractivity (Wildman–Crippen MR) is 87.4 cm³/mol. The van der Waals surface area contributed by atoms with Crippen LogP contribution < -0.4 is 5.32 Å². The van der Waals surface area contributed by atoms with Crippen molar-refractivity contribution in [2.75, 3.05) is 12.3 Å². The van der Waals surface area contributed by atoms with E-state index < -0.39 is 0 Å². The molecule has 1 N–H and O–H groups in total. The molecule has 8 heteroatoms.